The molecule has 0 N–H and O–H groups in total. The van der Waals surface area contributed by atoms with E-state index in [9.17, 15) is 5.53 Å². The largest absolute Gasteiger partial charge is 0.493 e. The molecule has 0 bridgehead atoms. The molecule has 0 radical (unpaired) electrons. The summed E-state index contributed by atoms with van der Waals surface area (Å²) in [5.74, 6) is 0. The van der Waals surface area contributed by atoms with Gasteiger partial charge in [-0.05, 0) is 108 Å². The van der Waals surface area contributed by atoms with Gasteiger partial charge in [-0.2, -0.15) is 0 Å². The van der Waals surface area contributed by atoms with Gasteiger partial charge in [0.15, 0.2) is 0 Å². The Kier molecular flexibility index (Phi) is 33.8. The second-order valence-electron chi connectivity index (χ2n) is 21.0. The van der Waals surface area contributed by atoms with Gasteiger partial charge in [0.25, 0.3) is 0 Å². The monoisotopic (exact) mass is 915 g/mol. The maximum atomic E-state index is 12.5. The van der Waals surface area contributed by atoms with Crippen molar-refractivity contribution in [2.24, 2.45) is 0 Å². The predicted octanol–water partition coefficient (Wildman–Crippen LogP) is 22.2. The van der Waals surface area contributed by atoms with Crippen LogP contribution in [-0.4, -0.2) is 4.70 Å². The zero-order valence-corrected chi connectivity index (χ0v) is 45.2. The lowest BCUT2D eigenvalue weighted by molar-refractivity contribution is -0.345. The Morgan fingerprint density at radius 3 is 1.04 bits per heavy atom. The molecule has 67 heavy (non-hydrogen) atoms. The van der Waals surface area contributed by atoms with Crippen LogP contribution in [0.25, 0.3) is 16.9 Å². The summed E-state index contributed by atoms with van der Waals surface area (Å²) >= 11 is 0. The minimum atomic E-state index is 0.984. The van der Waals surface area contributed by atoms with Crippen LogP contribution < -0.4 is 0 Å². The lowest BCUT2D eigenvalue weighted by Crippen LogP contribution is -2.07. The highest BCUT2D eigenvalue weighted by Crippen LogP contribution is 2.44. The van der Waals surface area contributed by atoms with E-state index in [1.807, 2.05) is 0 Å². The number of nitrogens with zero attached hydrogens (tertiary/aromatic N) is 2. The fourth-order valence-corrected chi connectivity index (χ4v) is 10.5. The minimum Gasteiger partial charge on any atom is -0.493 e. The summed E-state index contributed by atoms with van der Waals surface area (Å²) in [4.78, 5) is 0. The number of allylic oxidation sites excluding steroid dienone is 6. The third kappa shape index (κ3) is 24.9. The van der Waals surface area contributed by atoms with Crippen LogP contribution in [0.4, 0.5) is 0 Å². The Morgan fingerprint density at radius 2 is 0.672 bits per heavy atom. The molecule has 0 spiro atoms. The molecule has 2 aromatic rings. The molecular weight excluding hydrogens is 809 g/mol. The summed E-state index contributed by atoms with van der Waals surface area (Å²) < 4.78 is 1.61. The van der Waals surface area contributed by atoms with Gasteiger partial charge in [-0.15, -0.1) is 0 Å². The summed E-state index contributed by atoms with van der Waals surface area (Å²) in [7, 11) is 0. The summed E-state index contributed by atoms with van der Waals surface area (Å²) in [6, 6.07) is 13.8. The second-order valence-corrected chi connectivity index (χ2v) is 21.0. The van der Waals surface area contributed by atoms with E-state index in [2.05, 4.69) is 102 Å². The topological polar surface area (TPSA) is 25.3 Å². The van der Waals surface area contributed by atoms with Gasteiger partial charge in [0.05, 0.1) is 0 Å². The zero-order valence-electron chi connectivity index (χ0n) is 45.2. The molecule has 0 saturated heterocycles. The van der Waals surface area contributed by atoms with Gasteiger partial charge in [-0.1, -0.05) is 267 Å². The number of rotatable bonds is 43. The maximum Gasteiger partial charge on any atom is 0.211 e. The van der Waals surface area contributed by atoms with Crippen LogP contribution in [0.3, 0.4) is 0 Å². The van der Waals surface area contributed by atoms with E-state index in [1.165, 1.54) is 256 Å². The van der Waals surface area contributed by atoms with Crippen LogP contribution in [0, 0.1) is 13.8 Å². The van der Waals surface area contributed by atoms with Crippen molar-refractivity contribution in [1.82, 2.24) is 0 Å². The summed E-state index contributed by atoms with van der Waals surface area (Å²) in [6.45, 7) is 13.6. The van der Waals surface area contributed by atoms with Gasteiger partial charge in [-0.3, -0.25) is 0 Å². The standard InChI is InChI=1S/C65H106N2/c1-7-10-13-16-18-20-22-24-26-28-30-32-34-36-38-40-42-44-47-59-52-50-56(4)54-62(59)64-58(6)61(49-46-15-12-9-3)65(67(64)66)63-55-57(5)51-53-60(63)48-45-43-41-39-37-35-33-31-29-27-25-23-21-19-17-14-11-8-2/h40-43,50-55H,7-39,44-49H2,1-6H3. The molecule has 1 heterocycles. The summed E-state index contributed by atoms with van der Waals surface area (Å²) in [5.41, 5.74) is 24.6. The van der Waals surface area contributed by atoms with Gasteiger partial charge in [0.1, 0.15) is 0 Å². The first-order chi connectivity index (χ1) is 32.9. The lowest BCUT2D eigenvalue weighted by Gasteiger charge is -2.16. The van der Waals surface area contributed by atoms with Gasteiger partial charge in [0.2, 0.25) is 11.4 Å². The molecule has 1 aliphatic heterocycles. The maximum absolute atomic E-state index is 12.5. The molecule has 0 fully saturated rings. The second kappa shape index (κ2) is 38.8. The first-order valence-electron chi connectivity index (χ1n) is 29.4. The first kappa shape index (κ1) is 58.3. The van der Waals surface area contributed by atoms with E-state index in [4.69, 9.17) is 0 Å². The molecule has 2 aromatic carbocycles. The van der Waals surface area contributed by atoms with Crippen molar-refractivity contribution in [2.75, 3.05) is 0 Å². The van der Waals surface area contributed by atoms with Crippen LogP contribution in [-0.2, 0) is 12.8 Å². The molecule has 0 atom stereocenters. The van der Waals surface area contributed by atoms with Crippen LogP contribution in [0.5, 0.6) is 0 Å². The predicted molar refractivity (Wildman–Crippen MR) is 299 cm³/mol. The van der Waals surface area contributed by atoms with Gasteiger partial charge >= 0.3 is 0 Å². The quantitative estimate of drug-likeness (QED) is 0.0360. The van der Waals surface area contributed by atoms with Crippen molar-refractivity contribution < 1.29 is 4.70 Å². The molecular formula is C65H106N2. The molecule has 376 valence electrons. The number of aryl methyl sites for hydroxylation is 4. The Balaban J connectivity index is 1.51. The number of benzene rings is 2. The SMILES string of the molecule is CCCCCCCCCCCCCCCCC=CCCc1ccc(C)cc1C1=C(C)C(CCCCCC)=C(c2cc(C)ccc2CCC=CCCCCCCCCCCCCCCCC)[N+]1=[N-]. The summed E-state index contributed by atoms with van der Waals surface area (Å²) in [6.07, 6.45) is 61.5. The van der Waals surface area contributed by atoms with Gasteiger partial charge in [-0.25, -0.2) is 4.70 Å². The Bertz CT molecular complexity index is 1720. The molecule has 0 unspecified atom stereocenters. The van der Waals surface area contributed by atoms with Crippen molar-refractivity contribution in [3.05, 3.63) is 111 Å². The fourth-order valence-electron chi connectivity index (χ4n) is 10.5. The molecule has 2 nitrogen and oxygen atoms in total. The van der Waals surface area contributed by atoms with Crippen molar-refractivity contribution in [1.29, 1.82) is 0 Å². The Hall–Kier alpha value is -3.00. The average Bonchev–Trinajstić information content (AvgIpc) is 3.57. The van der Waals surface area contributed by atoms with Crippen molar-refractivity contribution in [2.45, 2.75) is 292 Å². The normalized spacial score (nSPS) is 13.3. The Morgan fingerprint density at radius 1 is 0.358 bits per heavy atom. The van der Waals surface area contributed by atoms with Crippen LogP contribution in [0.2, 0.25) is 0 Å². The highest BCUT2D eigenvalue weighted by molar-refractivity contribution is 5.83. The fraction of sp³-hybridized carbons (Fsp3) is 0.692. The third-order valence-corrected chi connectivity index (χ3v) is 14.8. The third-order valence-electron chi connectivity index (χ3n) is 14.8. The number of hydrogen-bond acceptors (Lipinski definition) is 0. The minimum absolute atomic E-state index is 0.984. The van der Waals surface area contributed by atoms with Crippen molar-refractivity contribution in [3.8, 4) is 0 Å². The molecule has 0 aliphatic carbocycles. The highest BCUT2D eigenvalue weighted by Gasteiger charge is 2.35. The van der Waals surface area contributed by atoms with E-state index >= 15 is 0 Å². The van der Waals surface area contributed by atoms with Crippen LogP contribution in [0.1, 0.15) is 299 Å². The van der Waals surface area contributed by atoms with E-state index in [0.717, 1.165) is 49.9 Å². The average molecular weight is 916 g/mol. The van der Waals surface area contributed by atoms with E-state index < -0.39 is 0 Å². The molecule has 2 heteroatoms. The van der Waals surface area contributed by atoms with Crippen molar-refractivity contribution >= 4 is 11.4 Å². The smallest absolute Gasteiger partial charge is 0.211 e. The zero-order chi connectivity index (χ0) is 48.0. The molecule has 1 aliphatic rings. The van der Waals surface area contributed by atoms with Crippen LogP contribution in [0.15, 0.2) is 71.8 Å². The summed E-state index contributed by atoms with van der Waals surface area (Å²) in [5, 5.41) is 0. The van der Waals surface area contributed by atoms with Gasteiger partial charge < -0.3 is 5.53 Å². The number of hydrogen-bond donors (Lipinski definition) is 0. The highest BCUT2D eigenvalue weighted by atomic mass is 15.2. The van der Waals surface area contributed by atoms with E-state index in [1.54, 1.807) is 4.70 Å². The molecule has 3 rings (SSSR count). The number of unbranched alkanes of at least 4 members (excludes halogenated alkanes) is 31. The molecule has 0 aromatic heterocycles. The van der Waals surface area contributed by atoms with E-state index in [-0.39, 0.29) is 0 Å². The van der Waals surface area contributed by atoms with Gasteiger partial charge in [0, 0.05) is 22.3 Å². The molecule has 0 amide bonds. The lowest BCUT2D eigenvalue weighted by atomic mass is 9.91. The van der Waals surface area contributed by atoms with Crippen molar-refractivity contribution in [3.63, 3.8) is 0 Å². The van der Waals surface area contributed by atoms with E-state index in [0.29, 0.717) is 0 Å². The van der Waals surface area contributed by atoms with Crippen LogP contribution >= 0.6 is 0 Å². The molecule has 0 saturated carbocycles. The first-order valence-corrected chi connectivity index (χ1v) is 29.4. The Labute approximate surface area is 417 Å².